The molecule has 0 spiro atoms. The van der Waals surface area contributed by atoms with Gasteiger partial charge in [0.05, 0.1) is 12.2 Å². The fourth-order valence-corrected chi connectivity index (χ4v) is 3.42. The number of thioether (sulfide) groups is 1. The number of anilines is 1. The van der Waals surface area contributed by atoms with Crippen LogP contribution in [-0.4, -0.2) is 21.2 Å². The fourth-order valence-electron chi connectivity index (χ4n) is 1.77. The highest BCUT2D eigenvalue weighted by molar-refractivity contribution is 7.99. The van der Waals surface area contributed by atoms with Crippen LogP contribution in [-0.2, 0) is 16.6 Å². The zero-order valence-electron chi connectivity index (χ0n) is 11.9. The Kier molecular flexibility index (Phi) is 5.33. The van der Waals surface area contributed by atoms with Crippen LogP contribution in [0.1, 0.15) is 12.7 Å². The van der Waals surface area contributed by atoms with Gasteiger partial charge < -0.3 is 9.73 Å². The van der Waals surface area contributed by atoms with Gasteiger partial charge in [0.1, 0.15) is 5.76 Å². The standard InChI is InChI=1S/C14H18N2O3S2/c1-3-15-10-11-8-9-14(19-11)21(17,18)16-12-6-4-5-7-13(12)20-2/h4-9,15-16H,3,10H2,1-2H3. The first-order valence-corrected chi connectivity index (χ1v) is 9.23. The average Bonchev–Trinajstić information content (AvgIpc) is 2.95. The molecule has 0 amide bonds. The third kappa shape index (κ3) is 4.03. The SMILES string of the molecule is CCNCc1ccc(S(=O)(=O)Nc2ccccc2SC)o1. The number of benzene rings is 1. The van der Waals surface area contributed by atoms with Gasteiger partial charge in [0, 0.05) is 4.90 Å². The molecule has 0 saturated heterocycles. The lowest BCUT2D eigenvalue weighted by Gasteiger charge is -2.09. The first-order chi connectivity index (χ1) is 10.1. The van der Waals surface area contributed by atoms with Crippen LogP contribution in [0.2, 0.25) is 0 Å². The summed E-state index contributed by atoms with van der Waals surface area (Å²) >= 11 is 1.48. The van der Waals surface area contributed by atoms with Gasteiger partial charge in [-0.25, -0.2) is 0 Å². The summed E-state index contributed by atoms with van der Waals surface area (Å²) < 4.78 is 32.6. The first-order valence-electron chi connectivity index (χ1n) is 6.52. The minimum absolute atomic E-state index is 0.0775. The average molecular weight is 326 g/mol. The normalized spacial score (nSPS) is 11.5. The van der Waals surface area contributed by atoms with Gasteiger partial charge in [-0.1, -0.05) is 19.1 Å². The summed E-state index contributed by atoms with van der Waals surface area (Å²) in [7, 11) is -3.71. The molecule has 0 saturated carbocycles. The topological polar surface area (TPSA) is 71.3 Å². The number of hydrogen-bond acceptors (Lipinski definition) is 5. The summed E-state index contributed by atoms with van der Waals surface area (Å²) in [5.41, 5.74) is 0.551. The van der Waals surface area contributed by atoms with Crippen molar-refractivity contribution in [2.24, 2.45) is 0 Å². The van der Waals surface area contributed by atoms with Crippen LogP contribution in [0.5, 0.6) is 0 Å². The molecule has 0 atom stereocenters. The van der Waals surface area contributed by atoms with Gasteiger partial charge in [0.15, 0.2) is 0 Å². The van der Waals surface area contributed by atoms with Crippen molar-refractivity contribution in [2.75, 3.05) is 17.5 Å². The summed E-state index contributed by atoms with van der Waals surface area (Å²) in [5, 5.41) is 3.01. The lowest BCUT2D eigenvalue weighted by Crippen LogP contribution is -2.13. The predicted octanol–water partition coefficient (Wildman–Crippen LogP) is 2.91. The first kappa shape index (κ1) is 15.9. The molecule has 0 bridgehead atoms. The van der Waals surface area contributed by atoms with Crippen molar-refractivity contribution in [3.05, 3.63) is 42.2 Å². The second-order valence-corrected chi connectivity index (χ2v) is 6.77. The summed E-state index contributed by atoms with van der Waals surface area (Å²) in [5.74, 6) is 0.593. The van der Waals surface area contributed by atoms with Crippen LogP contribution in [0.25, 0.3) is 0 Å². The van der Waals surface area contributed by atoms with Crippen molar-refractivity contribution < 1.29 is 12.8 Å². The molecule has 1 aromatic heterocycles. The molecule has 1 aromatic carbocycles. The molecular formula is C14H18N2O3S2. The Labute approximate surface area is 129 Å². The second kappa shape index (κ2) is 7.02. The van der Waals surface area contributed by atoms with Gasteiger partial charge in [-0.2, -0.15) is 8.42 Å². The van der Waals surface area contributed by atoms with Crippen LogP contribution in [0, 0.1) is 0 Å². The van der Waals surface area contributed by atoms with E-state index < -0.39 is 10.0 Å². The van der Waals surface area contributed by atoms with Gasteiger partial charge in [0.2, 0.25) is 5.09 Å². The maximum Gasteiger partial charge on any atom is 0.295 e. The van der Waals surface area contributed by atoms with E-state index in [1.54, 1.807) is 18.2 Å². The molecule has 2 aromatic rings. The number of sulfonamides is 1. The number of rotatable bonds is 7. The van der Waals surface area contributed by atoms with E-state index in [0.29, 0.717) is 18.0 Å². The third-order valence-electron chi connectivity index (χ3n) is 2.80. The van der Waals surface area contributed by atoms with E-state index in [9.17, 15) is 8.42 Å². The van der Waals surface area contributed by atoms with Crippen LogP contribution < -0.4 is 10.0 Å². The van der Waals surface area contributed by atoms with Crippen molar-refractivity contribution >= 4 is 27.5 Å². The van der Waals surface area contributed by atoms with Crippen molar-refractivity contribution in [3.8, 4) is 0 Å². The molecule has 0 aliphatic carbocycles. The second-order valence-electron chi connectivity index (χ2n) is 4.31. The predicted molar refractivity (Wildman–Crippen MR) is 85.1 cm³/mol. The largest absolute Gasteiger partial charge is 0.446 e. The maximum absolute atomic E-state index is 12.3. The fraction of sp³-hybridized carbons (Fsp3) is 0.286. The van der Waals surface area contributed by atoms with Crippen molar-refractivity contribution in [1.82, 2.24) is 5.32 Å². The van der Waals surface area contributed by atoms with Crippen LogP contribution in [0.15, 0.2) is 50.8 Å². The number of furan rings is 1. The van der Waals surface area contributed by atoms with Gasteiger partial charge in [-0.3, -0.25) is 4.72 Å². The Morgan fingerprint density at radius 3 is 2.67 bits per heavy atom. The molecule has 1 heterocycles. The zero-order valence-corrected chi connectivity index (χ0v) is 13.6. The summed E-state index contributed by atoms with van der Waals surface area (Å²) in [6.45, 7) is 3.27. The van der Waals surface area contributed by atoms with E-state index in [1.165, 1.54) is 17.8 Å². The van der Waals surface area contributed by atoms with Crippen molar-refractivity contribution in [1.29, 1.82) is 0 Å². The molecule has 21 heavy (non-hydrogen) atoms. The molecule has 0 radical (unpaired) electrons. The summed E-state index contributed by atoms with van der Waals surface area (Å²) in [4.78, 5) is 0.862. The number of hydrogen-bond donors (Lipinski definition) is 2. The minimum Gasteiger partial charge on any atom is -0.446 e. The van der Waals surface area contributed by atoms with E-state index in [2.05, 4.69) is 10.0 Å². The molecule has 0 aliphatic rings. The van der Waals surface area contributed by atoms with Crippen molar-refractivity contribution in [3.63, 3.8) is 0 Å². The highest BCUT2D eigenvalue weighted by Crippen LogP contribution is 2.27. The monoisotopic (exact) mass is 326 g/mol. The lowest BCUT2D eigenvalue weighted by atomic mass is 10.3. The van der Waals surface area contributed by atoms with Gasteiger partial charge in [0.25, 0.3) is 10.0 Å². The summed E-state index contributed by atoms with van der Waals surface area (Å²) in [6.07, 6.45) is 1.90. The lowest BCUT2D eigenvalue weighted by molar-refractivity contribution is 0.405. The van der Waals surface area contributed by atoms with E-state index in [-0.39, 0.29) is 5.09 Å². The minimum atomic E-state index is -3.71. The van der Waals surface area contributed by atoms with Gasteiger partial charge in [-0.05, 0) is 37.1 Å². The van der Waals surface area contributed by atoms with E-state index in [0.717, 1.165) is 11.4 Å². The van der Waals surface area contributed by atoms with Crippen LogP contribution in [0.4, 0.5) is 5.69 Å². The van der Waals surface area contributed by atoms with Gasteiger partial charge >= 0.3 is 0 Å². The molecular weight excluding hydrogens is 308 g/mol. The van der Waals surface area contributed by atoms with Crippen LogP contribution >= 0.6 is 11.8 Å². The Morgan fingerprint density at radius 1 is 1.19 bits per heavy atom. The van der Waals surface area contributed by atoms with E-state index in [4.69, 9.17) is 4.42 Å². The maximum atomic E-state index is 12.3. The molecule has 0 aliphatic heterocycles. The molecule has 5 nitrogen and oxygen atoms in total. The third-order valence-corrected chi connectivity index (χ3v) is 4.84. The highest BCUT2D eigenvalue weighted by atomic mass is 32.2. The molecule has 2 rings (SSSR count). The van der Waals surface area contributed by atoms with Crippen molar-refractivity contribution in [2.45, 2.75) is 23.5 Å². The van der Waals surface area contributed by atoms with Gasteiger partial charge in [-0.15, -0.1) is 11.8 Å². The Hall–Kier alpha value is -1.44. The molecule has 7 heteroatoms. The quantitative estimate of drug-likeness (QED) is 0.766. The highest BCUT2D eigenvalue weighted by Gasteiger charge is 2.20. The molecule has 0 unspecified atom stereocenters. The Balaban J connectivity index is 2.20. The van der Waals surface area contributed by atoms with Crippen LogP contribution in [0.3, 0.4) is 0 Å². The molecule has 114 valence electrons. The Morgan fingerprint density at radius 2 is 1.95 bits per heavy atom. The Bertz CT molecular complexity index is 696. The molecule has 2 N–H and O–H groups in total. The summed E-state index contributed by atoms with van der Waals surface area (Å²) in [6, 6.07) is 10.4. The molecule has 0 fully saturated rings. The zero-order chi connectivity index (χ0) is 15.3. The van der Waals surface area contributed by atoms with E-state index in [1.807, 2.05) is 25.3 Å². The van der Waals surface area contributed by atoms with E-state index >= 15 is 0 Å². The smallest absolute Gasteiger partial charge is 0.295 e. The number of para-hydroxylation sites is 1. The number of nitrogens with one attached hydrogen (secondary N) is 2.